The fourth-order valence-electron chi connectivity index (χ4n) is 1.81. The molecule has 0 aromatic heterocycles. The van der Waals surface area contributed by atoms with Crippen LogP contribution in [-0.4, -0.2) is 31.1 Å². The van der Waals surface area contributed by atoms with Crippen molar-refractivity contribution < 1.29 is 14.3 Å². The van der Waals surface area contributed by atoms with E-state index in [1.165, 1.54) is 0 Å². The van der Waals surface area contributed by atoms with Crippen LogP contribution in [0.2, 0.25) is 5.02 Å². The number of halogens is 1. The molecule has 0 aliphatic rings. The lowest BCUT2D eigenvalue weighted by Gasteiger charge is -2.16. The minimum atomic E-state index is -0.594. The van der Waals surface area contributed by atoms with Crippen LogP contribution in [-0.2, 0) is 4.79 Å². The molecular weight excluding hydrogens is 306 g/mol. The molecule has 1 atom stereocenters. The maximum atomic E-state index is 11.9. The van der Waals surface area contributed by atoms with Gasteiger partial charge >= 0.3 is 6.03 Å². The highest BCUT2D eigenvalue weighted by Gasteiger charge is 2.15. The maximum Gasteiger partial charge on any atom is 0.312 e. The summed E-state index contributed by atoms with van der Waals surface area (Å²) in [5, 5.41) is 5.91. The first-order valence-corrected chi connectivity index (χ1v) is 7.51. The van der Waals surface area contributed by atoms with Gasteiger partial charge in [-0.25, -0.2) is 4.79 Å². The second-order valence-electron chi connectivity index (χ2n) is 4.96. The van der Waals surface area contributed by atoms with E-state index >= 15 is 0 Å². The smallest absolute Gasteiger partial charge is 0.312 e. The average Bonchev–Trinajstić information content (AvgIpc) is 2.45. The number of amides is 3. The first-order chi connectivity index (χ1) is 10.4. The van der Waals surface area contributed by atoms with Crippen molar-refractivity contribution in [1.29, 1.82) is 0 Å². The number of hydrogen-bond donors (Lipinski definition) is 3. The molecule has 0 aliphatic carbocycles. The lowest BCUT2D eigenvalue weighted by Crippen LogP contribution is -2.37. The Morgan fingerprint density at radius 1 is 1.27 bits per heavy atom. The number of ether oxygens (including phenoxy) is 1. The highest BCUT2D eigenvalue weighted by molar-refractivity contribution is 6.30. The van der Waals surface area contributed by atoms with Crippen molar-refractivity contribution in [3.8, 4) is 5.75 Å². The third-order valence-electron chi connectivity index (χ3n) is 3.01. The highest BCUT2D eigenvalue weighted by atomic mass is 35.5. The number of nitrogens with one attached hydrogen (secondary N) is 2. The Bertz CT molecular complexity index is 523. The van der Waals surface area contributed by atoms with Crippen LogP contribution in [0.5, 0.6) is 5.75 Å². The summed E-state index contributed by atoms with van der Waals surface area (Å²) in [6.07, 6.45) is 0.900. The molecule has 122 valence electrons. The third kappa shape index (κ3) is 6.67. The van der Waals surface area contributed by atoms with E-state index in [0.29, 0.717) is 23.9 Å². The van der Waals surface area contributed by atoms with Crippen molar-refractivity contribution in [2.24, 2.45) is 5.73 Å². The monoisotopic (exact) mass is 327 g/mol. The van der Waals surface area contributed by atoms with E-state index in [4.69, 9.17) is 22.1 Å². The molecule has 1 aromatic carbocycles. The molecule has 1 aromatic rings. The highest BCUT2D eigenvalue weighted by Crippen LogP contribution is 2.22. The summed E-state index contributed by atoms with van der Waals surface area (Å²) in [4.78, 5) is 22.4. The summed E-state index contributed by atoms with van der Waals surface area (Å²) in [6, 6.07) is 4.72. The quantitative estimate of drug-likeness (QED) is 0.637. The van der Waals surface area contributed by atoms with Gasteiger partial charge in [-0.3, -0.25) is 4.79 Å². The zero-order valence-corrected chi connectivity index (χ0v) is 13.6. The van der Waals surface area contributed by atoms with Crippen molar-refractivity contribution in [2.45, 2.75) is 32.8 Å². The van der Waals surface area contributed by atoms with E-state index in [9.17, 15) is 9.59 Å². The molecule has 0 bridgehead atoms. The van der Waals surface area contributed by atoms with E-state index < -0.39 is 12.1 Å². The second-order valence-corrected chi connectivity index (χ2v) is 5.40. The van der Waals surface area contributed by atoms with Crippen LogP contribution in [0, 0.1) is 6.92 Å². The lowest BCUT2D eigenvalue weighted by atomic mass is 10.2. The molecule has 0 saturated heterocycles. The lowest BCUT2D eigenvalue weighted by molar-refractivity contribution is -0.127. The minimum absolute atomic E-state index is 0.183. The van der Waals surface area contributed by atoms with E-state index in [0.717, 1.165) is 18.4 Å². The van der Waals surface area contributed by atoms with Crippen LogP contribution in [0.4, 0.5) is 4.79 Å². The summed E-state index contributed by atoms with van der Waals surface area (Å²) < 4.78 is 5.63. The van der Waals surface area contributed by atoms with Gasteiger partial charge in [0.1, 0.15) is 5.75 Å². The number of urea groups is 1. The van der Waals surface area contributed by atoms with E-state index in [2.05, 4.69) is 10.6 Å². The fraction of sp³-hybridized carbons (Fsp3) is 0.467. The largest absolute Gasteiger partial charge is 0.481 e. The first kappa shape index (κ1) is 18.1. The molecule has 0 aliphatic heterocycles. The van der Waals surface area contributed by atoms with Crippen LogP contribution < -0.4 is 21.1 Å². The van der Waals surface area contributed by atoms with E-state index in [1.54, 1.807) is 25.1 Å². The number of primary amides is 1. The van der Waals surface area contributed by atoms with Crippen molar-refractivity contribution >= 4 is 23.5 Å². The molecule has 0 fully saturated rings. The zero-order chi connectivity index (χ0) is 16.5. The molecule has 0 spiro atoms. The van der Waals surface area contributed by atoms with Gasteiger partial charge in [0.25, 0.3) is 5.91 Å². The predicted molar refractivity (Wildman–Crippen MR) is 86.1 cm³/mol. The topological polar surface area (TPSA) is 93.4 Å². The molecule has 1 rings (SSSR count). The summed E-state index contributed by atoms with van der Waals surface area (Å²) in [5.74, 6) is 0.454. The Balaban J connectivity index is 2.28. The predicted octanol–water partition coefficient (Wildman–Crippen LogP) is 1.98. The van der Waals surface area contributed by atoms with Crippen LogP contribution in [0.1, 0.15) is 25.3 Å². The second kappa shape index (κ2) is 9.15. The number of benzene rings is 1. The van der Waals surface area contributed by atoms with Crippen molar-refractivity contribution in [3.63, 3.8) is 0 Å². The van der Waals surface area contributed by atoms with Crippen molar-refractivity contribution in [1.82, 2.24) is 10.6 Å². The number of nitrogens with two attached hydrogens (primary N) is 1. The zero-order valence-electron chi connectivity index (χ0n) is 12.8. The number of hydrogen-bond acceptors (Lipinski definition) is 3. The standard InChI is InChI=1S/C15H22ClN3O3/c1-10-9-12(16)5-6-13(10)22-11(2)14(20)18-7-3-4-8-19-15(17)21/h5-6,9,11H,3-4,7-8H2,1-2H3,(H,18,20)(H3,17,19,21)/t11-/m1/s1. The van der Waals surface area contributed by atoms with Gasteiger partial charge in [-0.2, -0.15) is 0 Å². The van der Waals surface area contributed by atoms with Crippen molar-refractivity contribution in [3.05, 3.63) is 28.8 Å². The van der Waals surface area contributed by atoms with E-state index in [1.807, 2.05) is 6.92 Å². The Labute approximate surface area is 135 Å². The third-order valence-corrected chi connectivity index (χ3v) is 3.25. The van der Waals surface area contributed by atoms with E-state index in [-0.39, 0.29) is 5.91 Å². The van der Waals surface area contributed by atoms with Gasteiger partial charge in [0.15, 0.2) is 6.10 Å². The SMILES string of the molecule is Cc1cc(Cl)ccc1O[C@H](C)C(=O)NCCCCNC(N)=O. The summed E-state index contributed by atoms with van der Waals surface area (Å²) in [7, 11) is 0. The summed E-state index contributed by atoms with van der Waals surface area (Å²) >= 11 is 5.88. The fourth-order valence-corrected chi connectivity index (χ4v) is 2.03. The Morgan fingerprint density at radius 2 is 1.91 bits per heavy atom. The van der Waals surface area contributed by atoms with Gasteiger partial charge in [-0.05, 0) is 50.5 Å². The Morgan fingerprint density at radius 3 is 2.50 bits per heavy atom. The number of rotatable bonds is 8. The molecule has 6 nitrogen and oxygen atoms in total. The van der Waals surface area contributed by atoms with Crippen LogP contribution in [0.15, 0.2) is 18.2 Å². The van der Waals surface area contributed by atoms with Gasteiger partial charge in [0.05, 0.1) is 0 Å². The first-order valence-electron chi connectivity index (χ1n) is 7.14. The van der Waals surface area contributed by atoms with Crippen LogP contribution >= 0.6 is 11.6 Å². The molecule has 0 heterocycles. The molecule has 4 N–H and O–H groups in total. The number of carbonyl (C=O) groups is 2. The Hall–Kier alpha value is -1.95. The number of carbonyl (C=O) groups excluding carboxylic acids is 2. The maximum absolute atomic E-state index is 11.9. The van der Waals surface area contributed by atoms with Crippen LogP contribution in [0.25, 0.3) is 0 Å². The molecule has 7 heteroatoms. The van der Waals surface area contributed by atoms with Gasteiger partial charge < -0.3 is 21.1 Å². The van der Waals surface area contributed by atoms with Crippen LogP contribution in [0.3, 0.4) is 0 Å². The minimum Gasteiger partial charge on any atom is -0.481 e. The summed E-state index contributed by atoms with van der Waals surface area (Å²) in [5.41, 5.74) is 5.82. The molecule has 0 radical (unpaired) electrons. The number of unbranched alkanes of at least 4 members (excludes halogenated alkanes) is 1. The van der Waals surface area contributed by atoms with Gasteiger partial charge in [0, 0.05) is 18.1 Å². The summed E-state index contributed by atoms with van der Waals surface area (Å²) in [6.45, 7) is 4.59. The number of aryl methyl sites for hydroxylation is 1. The molecule has 3 amide bonds. The molecule has 22 heavy (non-hydrogen) atoms. The molecule has 0 saturated carbocycles. The van der Waals surface area contributed by atoms with Gasteiger partial charge in [-0.1, -0.05) is 11.6 Å². The van der Waals surface area contributed by atoms with Gasteiger partial charge in [-0.15, -0.1) is 0 Å². The van der Waals surface area contributed by atoms with Gasteiger partial charge in [0.2, 0.25) is 0 Å². The molecule has 0 unspecified atom stereocenters. The molecular formula is C15H22ClN3O3. The average molecular weight is 328 g/mol. The Kier molecular flexibility index (Phi) is 7.52. The van der Waals surface area contributed by atoms with Crippen molar-refractivity contribution in [2.75, 3.05) is 13.1 Å². The normalized spacial score (nSPS) is 11.6.